The topological polar surface area (TPSA) is 32.3 Å². The first-order valence-electron chi connectivity index (χ1n) is 5.18. The molecule has 1 saturated carbocycles. The maximum absolute atomic E-state index is 9.54. The number of hydrogen-bond donors (Lipinski definition) is 2. The van der Waals surface area contributed by atoms with Crippen molar-refractivity contribution in [3.8, 4) is 0 Å². The van der Waals surface area contributed by atoms with Crippen molar-refractivity contribution in [2.24, 2.45) is 0 Å². The Morgan fingerprint density at radius 1 is 1.50 bits per heavy atom. The van der Waals surface area contributed by atoms with Gasteiger partial charge >= 0.3 is 0 Å². The molecule has 1 aliphatic rings. The van der Waals surface area contributed by atoms with Crippen molar-refractivity contribution in [1.82, 2.24) is 5.32 Å². The van der Waals surface area contributed by atoms with E-state index in [1.807, 2.05) is 0 Å². The fourth-order valence-electron chi connectivity index (χ4n) is 2.02. The van der Waals surface area contributed by atoms with Gasteiger partial charge in [-0.25, -0.2) is 0 Å². The van der Waals surface area contributed by atoms with Crippen molar-refractivity contribution in [1.29, 1.82) is 0 Å². The van der Waals surface area contributed by atoms with Crippen LogP contribution in [-0.2, 0) is 0 Å². The van der Waals surface area contributed by atoms with Gasteiger partial charge in [-0.3, -0.25) is 0 Å². The van der Waals surface area contributed by atoms with Crippen LogP contribution in [0.15, 0.2) is 0 Å². The lowest BCUT2D eigenvalue weighted by Crippen LogP contribution is -2.41. The lowest BCUT2D eigenvalue weighted by Gasteiger charge is -2.21. The quantitative estimate of drug-likeness (QED) is 0.674. The smallest absolute Gasteiger partial charge is 0.0693 e. The molecule has 0 radical (unpaired) electrons. The number of aliphatic hydroxyl groups is 1. The summed E-state index contributed by atoms with van der Waals surface area (Å²) in [5, 5.41) is 13.0. The van der Waals surface area contributed by atoms with E-state index >= 15 is 0 Å². The summed E-state index contributed by atoms with van der Waals surface area (Å²) >= 11 is 0. The maximum atomic E-state index is 9.54. The van der Waals surface area contributed by atoms with Crippen LogP contribution in [0.1, 0.15) is 46.0 Å². The molecule has 1 unspecified atom stereocenters. The number of aliphatic hydroxyl groups excluding tert-OH is 1. The van der Waals surface area contributed by atoms with Crippen LogP contribution in [0.3, 0.4) is 0 Å². The number of nitrogens with one attached hydrogen (secondary N) is 1. The number of rotatable bonds is 4. The van der Waals surface area contributed by atoms with Crippen LogP contribution in [-0.4, -0.2) is 23.3 Å². The summed E-state index contributed by atoms with van der Waals surface area (Å²) in [6.07, 6.45) is 5.65. The Bertz CT molecular complexity index is 127. The predicted octanol–water partition coefficient (Wildman–Crippen LogP) is 1.68. The molecule has 1 fully saturated rings. The Hall–Kier alpha value is -0.0800. The normalized spacial score (nSPS) is 32.2. The highest BCUT2D eigenvalue weighted by molar-refractivity contribution is 4.84. The minimum Gasteiger partial charge on any atom is -0.392 e. The maximum Gasteiger partial charge on any atom is 0.0693 e. The molecule has 72 valence electrons. The molecule has 0 spiro atoms. The Morgan fingerprint density at radius 2 is 2.25 bits per heavy atom. The molecule has 2 N–H and O–H groups in total. The zero-order valence-electron chi connectivity index (χ0n) is 8.21. The summed E-state index contributed by atoms with van der Waals surface area (Å²) < 4.78 is 0. The van der Waals surface area contributed by atoms with Crippen molar-refractivity contribution in [2.45, 2.75) is 64.1 Å². The van der Waals surface area contributed by atoms with Crippen LogP contribution in [0.25, 0.3) is 0 Å². The molecule has 2 heteroatoms. The molecule has 0 amide bonds. The predicted molar refractivity (Wildman–Crippen MR) is 51.2 cm³/mol. The highest BCUT2D eigenvalue weighted by atomic mass is 16.3. The first kappa shape index (κ1) is 10.0. The van der Waals surface area contributed by atoms with Crippen molar-refractivity contribution in [3.63, 3.8) is 0 Å². The van der Waals surface area contributed by atoms with Crippen LogP contribution in [0.5, 0.6) is 0 Å². The van der Waals surface area contributed by atoms with Crippen molar-refractivity contribution < 1.29 is 5.11 Å². The van der Waals surface area contributed by atoms with Crippen LogP contribution in [0.4, 0.5) is 0 Å². The van der Waals surface area contributed by atoms with E-state index in [1.54, 1.807) is 0 Å². The largest absolute Gasteiger partial charge is 0.392 e. The summed E-state index contributed by atoms with van der Waals surface area (Å²) in [6.45, 7) is 4.40. The fraction of sp³-hybridized carbons (Fsp3) is 1.00. The van der Waals surface area contributed by atoms with Gasteiger partial charge in [0.25, 0.3) is 0 Å². The van der Waals surface area contributed by atoms with E-state index in [0.717, 1.165) is 12.8 Å². The zero-order chi connectivity index (χ0) is 8.97. The molecular weight excluding hydrogens is 150 g/mol. The molecule has 0 aromatic heterocycles. The van der Waals surface area contributed by atoms with Gasteiger partial charge in [-0.1, -0.05) is 13.3 Å². The van der Waals surface area contributed by atoms with Crippen LogP contribution >= 0.6 is 0 Å². The third-order valence-corrected chi connectivity index (χ3v) is 2.70. The summed E-state index contributed by atoms with van der Waals surface area (Å²) in [4.78, 5) is 0. The van der Waals surface area contributed by atoms with Gasteiger partial charge < -0.3 is 10.4 Å². The van der Waals surface area contributed by atoms with Gasteiger partial charge in [0.05, 0.1) is 6.10 Å². The van der Waals surface area contributed by atoms with E-state index in [4.69, 9.17) is 0 Å². The second kappa shape index (κ2) is 4.83. The average molecular weight is 171 g/mol. The van der Waals surface area contributed by atoms with E-state index in [0.29, 0.717) is 12.1 Å². The third-order valence-electron chi connectivity index (χ3n) is 2.70. The molecule has 0 aromatic rings. The van der Waals surface area contributed by atoms with Gasteiger partial charge in [-0.2, -0.15) is 0 Å². The Kier molecular flexibility index (Phi) is 4.02. The number of hydrogen-bond acceptors (Lipinski definition) is 2. The minimum absolute atomic E-state index is 0.0932. The van der Waals surface area contributed by atoms with Gasteiger partial charge in [0.15, 0.2) is 0 Å². The van der Waals surface area contributed by atoms with Crippen molar-refractivity contribution >= 4 is 0 Å². The summed E-state index contributed by atoms with van der Waals surface area (Å²) in [6, 6.07) is 0.930. The molecule has 2 nitrogen and oxygen atoms in total. The Labute approximate surface area is 75.4 Å². The van der Waals surface area contributed by atoms with Crippen molar-refractivity contribution in [3.05, 3.63) is 0 Å². The van der Waals surface area contributed by atoms with Crippen LogP contribution in [0, 0.1) is 0 Å². The molecule has 0 aliphatic heterocycles. The molecule has 12 heavy (non-hydrogen) atoms. The standard InChI is InChI=1S/C10H21NO/c1-3-5-8(2)11-9-6-4-7-10(9)12/h8-12H,3-7H2,1-2H3/t8?,9-,10-/m0/s1. The van der Waals surface area contributed by atoms with E-state index in [9.17, 15) is 5.11 Å². The van der Waals surface area contributed by atoms with E-state index in [-0.39, 0.29) is 6.10 Å². The molecule has 0 saturated heterocycles. The summed E-state index contributed by atoms with van der Waals surface area (Å²) in [5.41, 5.74) is 0. The first-order valence-corrected chi connectivity index (χ1v) is 5.18. The summed E-state index contributed by atoms with van der Waals surface area (Å²) in [5.74, 6) is 0. The Morgan fingerprint density at radius 3 is 2.75 bits per heavy atom. The van der Waals surface area contributed by atoms with Gasteiger partial charge in [0.2, 0.25) is 0 Å². The Balaban J connectivity index is 2.20. The first-order chi connectivity index (χ1) is 5.74. The molecule has 0 bridgehead atoms. The fourth-order valence-corrected chi connectivity index (χ4v) is 2.02. The van der Waals surface area contributed by atoms with Gasteiger partial charge in [-0.15, -0.1) is 0 Å². The second-order valence-electron chi connectivity index (χ2n) is 3.96. The van der Waals surface area contributed by atoms with E-state index in [1.165, 1.54) is 19.3 Å². The molecule has 1 aliphatic carbocycles. The highest BCUT2D eigenvalue weighted by Crippen LogP contribution is 2.19. The highest BCUT2D eigenvalue weighted by Gasteiger charge is 2.25. The molecular formula is C10H21NO. The lowest BCUT2D eigenvalue weighted by molar-refractivity contribution is 0.143. The lowest BCUT2D eigenvalue weighted by atomic mass is 10.1. The second-order valence-corrected chi connectivity index (χ2v) is 3.96. The summed E-state index contributed by atoms with van der Waals surface area (Å²) in [7, 11) is 0. The SMILES string of the molecule is CCCC(C)N[C@H]1CCC[C@@H]1O. The van der Waals surface area contributed by atoms with E-state index in [2.05, 4.69) is 19.2 Å². The zero-order valence-corrected chi connectivity index (χ0v) is 8.21. The van der Waals surface area contributed by atoms with Gasteiger partial charge in [0.1, 0.15) is 0 Å². The minimum atomic E-state index is -0.0932. The van der Waals surface area contributed by atoms with Crippen LogP contribution < -0.4 is 5.32 Å². The van der Waals surface area contributed by atoms with Gasteiger partial charge in [-0.05, 0) is 32.6 Å². The van der Waals surface area contributed by atoms with Crippen LogP contribution in [0.2, 0.25) is 0 Å². The average Bonchev–Trinajstić information content (AvgIpc) is 2.37. The van der Waals surface area contributed by atoms with E-state index < -0.39 is 0 Å². The molecule has 3 atom stereocenters. The molecule has 0 aromatic carbocycles. The molecule has 0 heterocycles. The molecule has 1 rings (SSSR count). The van der Waals surface area contributed by atoms with Crippen molar-refractivity contribution in [2.75, 3.05) is 0 Å². The third kappa shape index (κ3) is 2.76. The van der Waals surface area contributed by atoms with Gasteiger partial charge in [0, 0.05) is 12.1 Å². The monoisotopic (exact) mass is 171 g/mol.